The fourth-order valence-electron chi connectivity index (χ4n) is 5.26. The molecule has 6 heteroatoms. The molecule has 1 saturated carbocycles. The van der Waals surface area contributed by atoms with E-state index in [1.807, 2.05) is 54.3 Å². The van der Waals surface area contributed by atoms with Gasteiger partial charge in [-0.15, -0.1) is 0 Å². The van der Waals surface area contributed by atoms with E-state index in [4.69, 9.17) is 20.2 Å². The van der Waals surface area contributed by atoms with Crippen LogP contribution in [-0.2, 0) is 5.54 Å². The van der Waals surface area contributed by atoms with Gasteiger partial charge in [-0.3, -0.25) is 4.98 Å². The maximum Gasteiger partial charge on any atom is 0.317 e. The molecule has 0 atom stereocenters. The van der Waals surface area contributed by atoms with Gasteiger partial charge in [-0.25, -0.2) is 0 Å². The van der Waals surface area contributed by atoms with Crippen LogP contribution >= 0.6 is 0 Å². The molecule has 6 nitrogen and oxygen atoms in total. The molecule has 36 heavy (non-hydrogen) atoms. The lowest BCUT2D eigenvalue weighted by Crippen LogP contribution is -2.43. The molecule has 0 radical (unpaired) electrons. The van der Waals surface area contributed by atoms with Crippen LogP contribution in [0.15, 0.2) is 95.9 Å². The Morgan fingerprint density at radius 3 is 2.47 bits per heavy atom. The minimum absolute atomic E-state index is 0.195. The molecule has 0 saturated heterocycles. The molecular weight excluding hydrogens is 446 g/mol. The van der Waals surface area contributed by atoms with Crippen molar-refractivity contribution in [1.82, 2.24) is 14.8 Å². The van der Waals surface area contributed by atoms with Crippen molar-refractivity contribution in [3.05, 3.63) is 103 Å². The molecule has 4 heterocycles. The van der Waals surface area contributed by atoms with Gasteiger partial charge in [-0.1, -0.05) is 47.1 Å². The zero-order valence-electron chi connectivity index (χ0n) is 20.1. The highest BCUT2D eigenvalue weighted by molar-refractivity contribution is 5.93. The Balaban J connectivity index is 1.49. The third kappa shape index (κ3) is 3.18. The summed E-state index contributed by atoms with van der Waals surface area (Å²) in [7, 11) is 0. The van der Waals surface area contributed by atoms with Crippen LogP contribution in [0.5, 0.6) is 0 Å². The van der Waals surface area contributed by atoms with E-state index in [1.54, 1.807) is 6.26 Å². The first-order chi connectivity index (χ1) is 17.6. The van der Waals surface area contributed by atoms with E-state index in [0.29, 0.717) is 0 Å². The summed E-state index contributed by atoms with van der Waals surface area (Å²) in [5.74, 6) is 1.65. The van der Waals surface area contributed by atoms with Crippen LogP contribution in [0, 0.1) is 6.92 Å². The molecule has 0 unspecified atom stereocenters. The van der Waals surface area contributed by atoms with E-state index < -0.39 is 0 Å². The molecule has 0 amide bonds. The van der Waals surface area contributed by atoms with Gasteiger partial charge in [0, 0.05) is 17.3 Å². The average Bonchev–Trinajstić information content (AvgIpc) is 3.51. The maximum absolute atomic E-state index is 6.59. The zero-order valence-corrected chi connectivity index (χ0v) is 20.1. The second-order valence-electron chi connectivity index (χ2n) is 9.71. The van der Waals surface area contributed by atoms with E-state index in [0.717, 1.165) is 63.4 Å². The molecule has 0 aliphatic heterocycles. The van der Waals surface area contributed by atoms with Crippen molar-refractivity contribution < 1.29 is 8.82 Å². The Labute approximate surface area is 208 Å². The molecule has 0 spiro atoms. The van der Waals surface area contributed by atoms with Crippen LogP contribution in [0.4, 0.5) is 0 Å². The Morgan fingerprint density at radius 1 is 0.972 bits per heavy atom. The van der Waals surface area contributed by atoms with E-state index in [-0.39, 0.29) is 5.54 Å². The van der Waals surface area contributed by atoms with Crippen molar-refractivity contribution in [3.8, 4) is 28.2 Å². The van der Waals surface area contributed by atoms with Gasteiger partial charge in [-0.05, 0) is 67.6 Å². The van der Waals surface area contributed by atoms with Gasteiger partial charge in [0.2, 0.25) is 0 Å². The van der Waals surface area contributed by atoms with Crippen molar-refractivity contribution in [3.63, 3.8) is 0 Å². The number of furan rings is 1. The summed E-state index contributed by atoms with van der Waals surface area (Å²) < 4.78 is 9.76. The lowest BCUT2D eigenvalue weighted by Gasteiger charge is -2.38. The number of nitrogens with two attached hydrogens (primary N) is 1. The third-order valence-corrected chi connectivity index (χ3v) is 7.53. The zero-order chi connectivity index (χ0) is 24.3. The number of aromatic nitrogens is 4. The molecule has 6 aromatic rings. The summed E-state index contributed by atoms with van der Waals surface area (Å²) in [6, 6.07) is 25.1. The van der Waals surface area contributed by atoms with Crippen molar-refractivity contribution in [1.29, 1.82) is 0 Å². The summed E-state index contributed by atoms with van der Waals surface area (Å²) in [4.78, 5) is 4.81. The fraction of sp³-hybridized carbons (Fsp3) is 0.167. The number of aryl methyl sites for hydroxylation is 1. The van der Waals surface area contributed by atoms with Crippen molar-refractivity contribution in [2.24, 2.45) is 5.73 Å². The molecular formula is C30H26N5O+. The summed E-state index contributed by atoms with van der Waals surface area (Å²) in [5.41, 5.74) is 13.6. The summed E-state index contributed by atoms with van der Waals surface area (Å²) in [6.45, 7) is 1.96. The van der Waals surface area contributed by atoms with Crippen molar-refractivity contribution >= 4 is 16.6 Å². The first-order valence-corrected chi connectivity index (χ1v) is 12.3. The van der Waals surface area contributed by atoms with Crippen LogP contribution in [0.1, 0.15) is 30.6 Å². The Bertz CT molecular complexity index is 1730. The number of hydrogen-bond donors (Lipinski definition) is 1. The molecule has 176 valence electrons. The van der Waals surface area contributed by atoms with Gasteiger partial charge in [0.05, 0.1) is 34.0 Å². The number of nitrogens with zero attached hydrogens (tertiary/aromatic N) is 4. The highest BCUT2D eigenvalue weighted by Crippen LogP contribution is 2.39. The highest BCUT2D eigenvalue weighted by Gasteiger charge is 2.34. The largest absolute Gasteiger partial charge is 0.469 e. The van der Waals surface area contributed by atoms with Crippen LogP contribution in [0.25, 0.3) is 44.8 Å². The molecule has 7 rings (SSSR count). The SMILES string of the molecule is Cc1occc1-c1nn(-c2ccc(C3(N)CCC3)cc2)c2c3cc(-c4ccccc4)cnc3cc[n+]12. The minimum Gasteiger partial charge on any atom is -0.469 e. The van der Waals surface area contributed by atoms with Crippen LogP contribution in [0.2, 0.25) is 0 Å². The minimum atomic E-state index is -0.195. The van der Waals surface area contributed by atoms with Gasteiger partial charge >= 0.3 is 5.82 Å². The van der Waals surface area contributed by atoms with Crippen molar-refractivity contribution in [2.75, 3.05) is 0 Å². The molecule has 1 aliphatic rings. The first kappa shape index (κ1) is 21.0. The Morgan fingerprint density at radius 2 is 1.78 bits per heavy atom. The number of hydrogen-bond acceptors (Lipinski definition) is 4. The van der Waals surface area contributed by atoms with Crippen LogP contribution in [-0.4, -0.2) is 14.8 Å². The molecule has 0 bridgehead atoms. The predicted octanol–water partition coefficient (Wildman–Crippen LogP) is 5.73. The summed E-state index contributed by atoms with van der Waals surface area (Å²) in [5, 5.41) is 6.13. The van der Waals surface area contributed by atoms with Gasteiger partial charge in [0.1, 0.15) is 11.4 Å². The number of pyridine rings is 2. The first-order valence-electron chi connectivity index (χ1n) is 12.3. The third-order valence-electron chi connectivity index (χ3n) is 7.53. The normalized spacial score (nSPS) is 14.8. The topological polar surface area (TPSA) is 74.0 Å². The van der Waals surface area contributed by atoms with E-state index in [9.17, 15) is 0 Å². The lowest BCUT2D eigenvalue weighted by molar-refractivity contribution is -0.498. The smallest absolute Gasteiger partial charge is 0.317 e. The van der Waals surface area contributed by atoms with E-state index >= 15 is 0 Å². The summed E-state index contributed by atoms with van der Waals surface area (Å²) in [6.07, 6.45) is 8.94. The molecule has 1 aliphatic carbocycles. The van der Waals surface area contributed by atoms with E-state index in [1.165, 1.54) is 12.0 Å². The second kappa shape index (κ2) is 7.86. The average molecular weight is 473 g/mol. The van der Waals surface area contributed by atoms with Gasteiger partial charge in [0.25, 0.3) is 5.65 Å². The molecule has 2 N–H and O–H groups in total. The Hall–Kier alpha value is -4.29. The number of rotatable bonds is 4. The Kier molecular flexibility index (Phi) is 4.59. The number of benzene rings is 2. The highest BCUT2D eigenvalue weighted by atomic mass is 16.3. The maximum atomic E-state index is 6.59. The van der Waals surface area contributed by atoms with Crippen LogP contribution < -0.4 is 10.1 Å². The fourth-order valence-corrected chi connectivity index (χ4v) is 5.26. The standard InChI is InChI=1S/C30H26N5O/c1-20-25(13-17-36-20)28-33-35(24-10-8-23(9-11-24)30(31)14-5-15-30)29-26-18-22(21-6-3-2-4-7-21)19-32-27(26)12-16-34(28)29/h2-4,6-13,16-19H,5,14-15,31H2,1H3/q+1. The lowest BCUT2D eigenvalue weighted by atomic mass is 9.73. The number of fused-ring (bicyclic) bond motifs is 3. The molecule has 1 fully saturated rings. The van der Waals surface area contributed by atoms with E-state index in [2.05, 4.69) is 46.9 Å². The van der Waals surface area contributed by atoms with Gasteiger partial charge < -0.3 is 10.2 Å². The van der Waals surface area contributed by atoms with Gasteiger partial charge in [0.15, 0.2) is 0 Å². The monoisotopic (exact) mass is 472 g/mol. The predicted molar refractivity (Wildman–Crippen MR) is 140 cm³/mol. The summed E-state index contributed by atoms with van der Waals surface area (Å²) >= 11 is 0. The van der Waals surface area contributed by atoms with Gasteiger partial charge in [-0.2, -0.15) is 4.40 Å². The second-order valence-corrected chi connectivity index (χ2v) is 9.71. The van der Waals surface area contributed by atoms with Crippen LogP contribution in [0.3, 0.4) is 0 Å². The molecule has 4 aromatic heterocycles. The quantitative estimate of drug-likeness (QED) is 0.333. The molecule has 2 aromatic carbocycles. The van der Waals surface area contributed by atoms with Crippen molar-refractivity contribution in [2.45, 2.75) is 31.7 Å².